The van der Waals surface area contributed by atoms with Gasteiger partial charge in [-0.05, 0) is 21.7 Å². The van der Waals surface area contributed by atoms with Crippen molar-refractivity contribution in [3.63, 3.8) is 0 Å². The van der Waals surface area contributed by atoms with Crippen molar-refractivity contribution >= 4 is 44.9 Å². The highest BCUT2D eigenvalue weighted by Crippen LogP contribution is 2.60. The molecule has 0 nitrogen and oxygen atoms in total. The van der Waals surface area contributed by atoms with E-state index >= 15 is 0 Å². The maximum Gasteiger partial charge on any atom is 0.381 e. The number of hydrogen-bond acceptors (Lipinski definition) is 1. The van der Waals surface area contributed by atoms with E-state index in [9.17, 15) is 35.1 Å². The van der Waals surface area contributed by atoms with Crippen LogP contribution < -0.4 is 0 Å². The Morgan fingerprint density at radius 1 is 0.824 bits per heavy atom. The fourth-order valence-electron chi connectivity index (χ4n) is 0.578. The Labute approximate surface area is 108 Å². The Kier molecular flexibility index (Phi) is 5.17. The van der Waals surface area contributed by atoms with Gasteiger partial charge in [-0.1, -0.05) is 23.2 Å². The molecular weight excluding hydrogens is 350 g/mol. The lowest BCUT2D eigenvalue weighted by Gasteiger charge is -2.36. The summed E-state index contributed by atoms with van der Waals surface area (Å²) >= 11 is 9.19. The molecule has 0 radical (unpaired) electrons. The summed E-state index contributed by atoms with van der Waals surface area (Å²) in [5.41, 5.74) is 0. The van der Waals surface area contributed by atoms with Crippen molar-refractivity contribution in [3.05, 3.63) is 0 Å². The van der Waals surface area contributed by atoms with Crippen LogP contribution in [0.3, 0.4) is 0 Å². The van der Waals surface area contributed by atoms with Crippen LogP contribution in [0.2, 0.25) is 0 Å². The summed E-state index contributed by atoms with van der Waals surface area (Å²) in [7, 11) is 3.80. The smallest absolute Gasteiger partial charge is 0.203 e. The van der Waals surface area contributed by atoms with E-state index in [2.05, 4.69) is 33.9 Å². The van der Waals surface area contributed by atoms with Crippen molar-refractivity contribution in [3.8, 4) is 0 Å². The lowest BCUT2D eigenvalue weighted by Crippen LogP contribution is -2.62. The number of alkyl halides is 10. The average Bonchev–Trinajstić information content (AvgIpc) is 2.16. The average molecular weight is 351 g/mol. The molecule has 0 amide bonds. The number of hydrogen-bond donors (Lipinski definition) is 0. The first kappa shape index (κ1) is 17.7. The first-order valence-corrected chi connectivity index (χ1v) is 5.74. The predicted octanol–water partition coefficient (Wildman–Crippen LogP) is 5.18. The summed E-state index contributed by atoms with van der Waals surface area (Å²) in [5, 5.41) is 0. The van der Waals surface area contributed by atoms with E-state index in [-0.39, 0.29) is 0 Å². The molecule has 0 spiro atoms. The van der Waals surface area contributed by atoms with E-state index in [4.69, 9.17) is 0 Å². The lowest BCUT2D eigenvalue weighted by molar-refractivity contribution is -0.336. The molecule has 0 N–H and O–H groups in total. The Balaban J connectivity index is 5.61. The van der Waals surface area contributed by atoms with Crippen LogP contribution in [0.25, 0.3) is 0 Å². The third-order valence-corrected chi connectivity index (χ3v) is 4.11. The molecule has 0 aliphatic carbocycles. The van der Waals surface area contributed by atoms with Crippen LogP contribution in [0, 0.1) is 0 Å². The zero-order valence-electron chi connectivity index (χ0n) is 7.14. The second-order valence-corrected chi connectivity index (χ2v) is 5.67. The Bertz CT molecular complexity index is 280. The molecule has 0 aliphatic rings. The molecule has 0 rings (SSSR count). The molecule has 0 bridgehead atoms. The molecule has 0 fully saturated rings. The molecule has 0 aromatic carbocycles. The molecule has 0 saturated heterocycles. The summed E-state index contributed by atoms with van der Waals surface area (Å²) in [6.45, 7) is 0. The minimum Gasteiger partial charge on any atom is -0.203 e. The largest absolute Gasteiger partial charge is 0.381 e. The molecule has 0 unspecified atom stereocenters. The van der Waals surface area contributed by atoms with Crippen LogP contribution in [-0.2, 0) is 0 Å². The minimum atomic E-state index is -6.49. The van der Waals surface area contributed by atoms with E-state index < -0.39 is 38.8 Å². The standard InChI is InChI=1S/C5HCl3F8S/c6-5(7,17-8)4(15,16)3(13,14)2(11,12)1(9)10/h1H. The highest BCUT2D eigenvalue weighted by molar-refractivity contribution is 8.24. The molecule has 0 aromatic heterocycles. The van der Waals surface area contributed by atoms with Gasteiger partial charge >= 0.3 is 24.2 Å². The van der Waals surface area contributed by atoms with E-state index in [1.807, 2.05) is 0 Å². The summed E-state index contributed by atoms with van der Waals surface area (Å²) in [6, 6.07) is 0. The lowest BCUT2D eigenvalue weighted by atomic mass is 10.1. The normalized spacial score (nSPS) is 15.5. The highest BCUT2D eigenvalue weighted by atomic mass is 35.7. The molecule has 0 atom stereocenters. The van der Waals surface area contributed by atoms with Gasteiger partial charge in [-0.3, -0.25) is 0 Å². The van der Waals surface area contributed by atoms with Gasteiger partial charge < -0.3 is 0 Å². The fraction of sp³-hybridized carbons (Fsp3) is 1.00. The summed E-state index contributed by atoms with van der Waals surface area (Å²) in [4.78, 5) is 0. The SMILES string of the molecule is FC(F)C(F)(F)C(F)(F)C(F)(F)C(Cl)(Cl)SCl. The molecule has 12 heteroatoms. The van der Waals surface area contributed by atoms with Crippen molar-refractivity contribution in [2.45, 2.75) is 27.9 Å². The van der Waals surface area contributed by atoms with Crippen molar-refractivity contribution < 1.29 is 35.1 Å². The zero-order valence-corrected chi connectivity index (χ0v) is 10.2. The first-order valence-electron chi connectivity index (χ1n) is 3.35. The van der Waals surface area contributed by atoms with Gasteiger partial charge in [0.05, 0.1) is 0 Å². The van der Waals surface area contributed by atoms with E-state index in [1.165, 1.54) is 0 Å². The van der Waals surface area contributed by atoms with Gasteiger partial charge in [0, 0.05) is 0 Å². The number of halogens is 11. The van der Waals surface area contributed by atoms with Gasteiger partial charge in [-0.15, -0.1) is 0 Å². The molecule has 0 aromatic rings. The van der Waals surface area contributed by atoms with E-state index in [1.54, 1.807) is 0 Å². The topological polar surface area (TPSA) is 0 Å². The molecule has 104 valence electrons. The van der Waals surface area contributed by atoms with Crippen molar-refractivity contribution in [2.24, 2.45) is 0 Å². The van der Waals surface area contributed by atoms with Gasteiger partial charge in [0.25, 0.3) is 0 Å². The van der Waals surface area contributed by atoms with Crippen molar-refractivity contribution in [1.82, 2.24) is 0 Å². The molecular formula is C5HCl3F8S. The van der Waals surface area contributed by atoms with Crippen molar-refractivity contribution in [2.75, 3.05) is 0 Å². The van der Waals surface area contributed by atoms with Crippen molar-refractivity contribution in [1.29, 1.82) is 0 Å². The van der Waals surface area contributed by atoms with E-state index in [0.717, 1.165) is 0 Å². The third kappa shape index (κ3) is 2.66. The second kappa shape index (κ2) is 4.97. The second-order valence-electron chi connectivity index (χ2n) is 2.67. The van der Waals surface area contributed by atoms with Gasteiger partial charge in [0.15, 0.2) is 0 Å². The van der Waals surface area contributed by atoms with Gasteiger partial charge in [-0.2, -0.15) is 26.3 Å². The van der Waals surface area contributed by atoms with Crippen LogP contribution >= 0.6 is 44.9 Å². The molecule has 0 heterocycles. The van der Waals surface area contributed by atoms with Gasteiger partial charge in [0.1, 0.15) is 0 Å². The fourth-order valence-corrected chi connectivity index (χ4v) is 1.33. The van der Waals surface area contributed by atoms with Crippen LogP contribution in [0.15, 0.2) is 0 Å². The van der Waals surface area contributed by atoms with Crippen LogP contribution in [0.4, 0.5) is 35.1 Å². The van der Waals surface area contributed by atoms with Crippen LogP contribution in [0.1, 0.15) is 0 Å². The minimum absolute atomic E-state index is 0.816. The Morgan fingerprint density at radius 2 is 1.18 bits per heavy atom. The molecule has 0 saturated carbocycles. The van der Waals surface area contributed by atoms with Crippen LogP contribution in [0.5, 0.6) is 0 Å². The number of rotatable bonds is 5. The summed E-state index contributed by atoms with van der Waals surface area (Å²) in [5.74, 6) is -18.7. The van der Waals surface area contributed by atoms with Gasteiger partial charge in [0.2, 0.25) is 3.67 Å². The third-order valence-electron chi connectivity index (χ3n) is 1.55. The molecule has 17 heavy (non-hydrogen) atoms. The summed E-state index contributed by atoms with van der Waals surface area (Å²) in [6.07, 6.45) is -5.03. The Morgan fingerprint density at radius 3 is 1.41 bits per heavy atom. The summed E-state index contributed by atoms with van der Waals surface area (Å²) < 4.78 is 95.2. The predicted molar refractivity (Wildman–Crippen MR) is 48.7 cm³/mol. The quantitative estimate of drug-likeness (QED) is 0.486. The maximum absolute atomic E-state index is 12.9. The first-order chi connectivity index (χ1) is 7.25. The molecule has 0 aliphatic heterocycles. The zero-order chi connectivity index (χ0) is 14.3. The van der Waals surface area contributed by atoms with E-state index in [0.29, 0.717) is 0 Å². The Hall–Kier alpha value is 0.660. The monoisotopic (exact) mass is 350 g/mol. The van der Waals surface area contributed by atoms with Gasteiger partial charge in [-0.25, -0.2) is 8.78 Å². The maximum atomic E-state index is 12.9. The van der Waals surface area contributed by atoms with Crippen LogP contribution in [-0.4, -0.2) is 27.9 Å². The highest BCUT2D eigenvalue weighted by Gasteiger charge is 2.81.